The van der Waals surface area contributed by atoms with Gasteiger partial charge >= 0.3 is 0 Å². The predicted octanol–water partition coefficient (Wildman–Crippen LogP) is 6.16. The van der Waals surface area contributed by atoms with Crippen molar-refractivity contribution in [2.24, 2.45) is 0 Å². The molecule has 4 rings (SSSR count). The minimum absolute atomic E-state index is 0.0592. The van der Waals surface area contributed by atoms with Gasteiger partial charge in [0.2, 0.25) is 5.91 Å². The molecule has 0 spiro atoms. The van der Waals surface area contributed by atoms with Gasteiger partial charge in [-0.2, -0.15) is 0 Å². The zero-order chi connectivity index (χ0) is 21.3. The number of thiophene rings is 1. The first-order valence-corrected chi connectivity index (χ1v) is 12.0. The highest BCUT2D eigenvalue weighted by atomic mass is 32.2. The molecule has 4 aromatic rings. The van der Waals surface area contributed by atoms with Crippen LogP contribution in [0.1, 0.15) is 29.3 Å². The molecular weight excluding hydrogens is 436 g/mol. The molecule has 1 amide bonds. The van der Waals surface area contributed by atoms with Gasteiger partial charge in [-0.3, -0.25) is 9.69 Å². The van der Waals surface area contributed by atoms with E-state index in [4.69, 9.17) is 9.40 Å². The largest absolute Gasteiger partial charge is 0.410 e. The first-order chi connectivity index (χ1) is 14.4. The van der Waals surface area contributed by atoms with Gasteiger partial charge in [0.25, 0.3) is 11.1 Å². The summed E-state index contributed by atoms with van der Waals surface area (Å²) in [6.45, 7) is 7.67. The maximum Gasteiger partial charge on any atom is 0.277 e. The second-order valence-corrected chi connectivity index (χ2v) is 9.57. The normalized spacial score (nSPS) is 11.1. The zero-order valence-electron chi connectivity index (χ0n) is 17.0. The highest BCUT2D eigenvalue weighted by Crippen LogP contribution is 2.35. The number of thioether (sulfide) groups is 1. The van der Waals surface area contributed by atoms with Crippen molar-refractivity contribution in [2.75, 3.05) is 4.90 Å². The lowest BCUT2D eigenvalue weighted by Gasteiger charge is -2.23. The minimum Gasteiger partial charge on any atom is -0.410 e. The minimum atomic E-state index is -0.0592. The van der Waals surface area contributed by atoms with Crippen LogP contribution in [0.3, 0.4) is 0 Å². The standard InChI is InChI=1S/C21H20N4O2S3/c1-12-8-13(2)18(14(3)9-12)25(15(4)26)20-22-16(10-29-20)11-30-21-24-23-19(27-21)17-6-5-7-28-17/h5-10H,11H2,1-4H3. The summed E-state index contributed by atoms with van der Waals surface area (Å²) < 4.78 is 5.72. The molecule has 0 N–H and O–H groups in total. The molecule has 0 atom stereocenters. The molecule has 30 heavy (non-hydrogen) atoms. The Kier molecular flexibility index (Phi) is 6.03. The molecule has 0 unspecified atom stereocenters. The van der Waals surface area contributed by atoms with Crippen LogP contribution in [0.15, 0.2) is 44.7 Å². The van der Waals surface area contributed by atoms with Gasteiger partial charge in [0.15, 0.2) is 5.13 Å². The third-order valence-corrected chi connectivity index (χ3v) is 6.97. The summed E-state index contributed by atoms with van der Waals surface area (Å²) in [5.74, 6) is 1.05. The summed E-state index contributed by atoms with van der Waals surface area (Å²) in [6.07, 6.45) is 0. The van der Waals surface area contributed by atoms with E-state index in [9.17, 15) is 4.79 Å². The van der Waals surface area contributed by atoms with Crippen LogP contribution in [0.25, 0.3) is 10.8 Å². The number of hydrogen-bond acceptors (Lipinski definition) is 8. The molecule has 0 saturated carbocycles. The Balaban J connectivity index is 1.52. The molecule has 0 bridgehead atoms. The second kappa shape index (κ2) is 8.71. The van der Waals surface area contributed by atoms with E-state index in [1.54, 1.807) is 23.2 Å². The first-order valence-electron chi connectivity index (χ1n) is 9.25. The molecule has 154 valence electrons. The summed E-state index contributed by atoms with van der Waals surface area (Å²) in [4.78, 5) is 19.8. The number of aryl methyl sites for hydroxylation is 3. The summed E-state index contributed by atoms with van der Waals surface area (Å²) >= 11 is 4.45. The van der Waals surface area contributed by atoms with Crippen molar-refractivity contribution in [1.29, 1.82) is 0 Å². The van der Waals surface area contributed by atoms with Crippen LogP contribution in [0.2, 0.25) is 0 Å². The lowest BCUT2D eigenvalue weighted by atomic mass is 10.0. The van der Waals surface area contributed by atoms with Crippen LogP contribution < -0.4 is 4.90 Å². The van der Waals surface area contributed by atoms with E-state index in [1.165, 1.54) is 28.7 Å². The fourth-order valence-electron chi connectivity index (χ4n) is 3.28. The Morgan fingerprint density at radius 3 is 2.60 bits per heavy atom. The van der Waals surface area contributed by atoms with Gasteiger partial charge in [-0.15, -0.1) is 32.9 Å². The Morgan fingerprint density at radius 2 is 1.93 bits per heavy atom. The van der Waals surface area contributed by atoms with Crippen LogP contribution in [0, 0.1) is 20.8 Å². The van der Waals surface area contributed by atoms with Crippen molar-refractivity contribution in [1.82, 2.24) is 15.2 Å². The molecule has 3 heterocycles. The van der Waals surface area contributed by atoms with Gasteiger partial charge in [0, 0.05) is 18.1 Å². The fraction of sp³-hybridized carbons (Fsp3) is 0.238. The number of rotatable bonds is 6. The van der Waals surface area contributed by atoms with Crippen LogP contribution in [-0.2, 0) is 10.5 Å². The number of benzene rings is 1. The topological polar surface area (TPSA) is 72.1 Å². The number of carbonyl (C=O) groups excluding carboxylic acids is 1. The van der Waals surface area contributed by atoms with Gasteiger partial charge in [0.1, 0.15) is 0 Å². The van der Waals surface area contributed by atoms with E-state index in [1.807, 2.05) is 36.7 Å². The van der Waals surface area contributed by atoms with E-state index in [0.29, 0.717) is 22.0 Å². The van der Waals surface area contributed by atoms with Gasteiger partial charge in [-0.1, -0.05) is 35.5 Å². The highest BCUT2D eigenvalue weighted by Gasteiger charge is 2.22. The number of amides is 1. The molecule has 1 aromatic carbocycles. The van der Waals surface area contributed by atoms with Crippen LogP contribution in [0.4, 0.5) is 10.8 Å². The Labute approximate surface area is 187 Å². The Hall–Kier alpha value is -2.49. The monoisotopic (exact) mass is 456 g/mol. The first kappa shape index (κ1) is 20.8. The summed E-state index contributed by atoms with van der Waals surface area (Å²) in [5, 5.41) is 13.3. The summed E-state index contributed by atoms with van der Waals surface area (Å²) in [7, 11) is 0. The van der Waals surface area contributed by atoms with Crippen molar-refractivity contribution in [3.63, 3.8) is 0 Å². The van der Waals surface area contributed by atoms with E-state index in [-0.39, 0.29) is 5.91 Å². The third kappa shape index (κ3) is 4.33. The van der Waals surface area contributed by atoms with Gasteiger partial charge in [-0.25, -0.2) is 4.98 Å². The number of thiazole rings is 1. The highest BCUT2D eigenvalue weighted by molar-refractivity contribution is 7.98. The third-order valence-electron chi connectivity index (χ3n) is 4.39. The number of nitrogens with zero attached hydrogens (tertiary/aromatic N) is 4. The maximum absolute atomic E-state index is 12.5. The molecular formula is C21H20N4O2S3. The molecule has 3 aromatic heterocycles. The van der Waals surface area contributed by atoms with Crippen LogP contribution in [0.5, 0.6) is 0 Å². The molecule has 0 fully saturated rings. The number of hydrogen-bond donors (Lipinski definition) is 0. The van der Waals surface area contributed by atoms with Crippen molar-refractivity contribution in [3.8, 4) is 10.8 Å². The SMILES string of the molecule is CC(=O)N(c1nc(CSc2nnc(-c3cccs3)o2)cs1)c1c(C)cc(C)cc1C. The van der Waals surface area contributed by atoms with E-state index < -0.39 is 0 Å². The fourth-order valence-corrected chi connectivity index (χ4v) is 5.56. The predicted molar refractivity (Wildman–Crippen MR) is 123 cm³/mol. The van der Waals surface area contributed by atoms with Crippen molar-refractivity contribution in [2.45, 2.75) is 38.7 Å². The van der Waals surface area contributed by atoms with Gasteiger partial charge in [-0.05, 0) is 43.3 Å². The summed E-state index contributed by atoms with van der Waals surface area (Å²) in [6, 6.07) is 8.07. The van der Waals surface area contributed by atoms with E-state index in [2.05, 4.69) is 29.3 Å². The van der Waals surface area contributed by atoms with E-state index in [0.717, 1.165) is 27.4 Å². The number of aromatic nitrogens is 3. The van der Waals surface area contributed by atoms with E-state index >= 15 is 0 Å². The zero-order valence-corrected chi connectivity index (χ0v) is 19.5. The lowest BCUT2D eigenvalue weighted by molar-refractivity contribution is -0.115. The molecule has 0 aliphatic heterocycles. The molecule has 0 aliphatic rings. The second-order valence-electron chi connectivity index (χ2n) is 6.86. The van der Waals surface area contributed by atoms with Crippen LogP contribution >= 0.6 is 34.4 Å². The van der Waals surface area contributed by atoms with Crippen molar-refractivity contribution >= 4 is 51.2 Å². The number of anilines is 2. The molecule has 0 radical (unpaired) electrons. The van der Waals surface area contributed by atoms with Gasteiger partial charge in [0.05, 0.1) is 16.3 Å². The molecule has 0 aliphatic carbocycles. The maximum atomic E-state index is 12.5. The lowest BCUT2D eigenvalue weighted by Crippen LogP contribution is -2.24. The molecule has 6 nitrogen and oxygen atoms in total. The smallest absolute Gasteiger partial charge is 0.277 e. The molecule has 0 saturated heterocycles. The Morgan fingerprint density at radius 1 is 1.17 bits per heavy atom. The van der Waals surface area contributed by atoms with Crippen LogP contribution in [-0.4, -0.2) is 21.1 Å². The number of carbonyl (C=O) groups is 1. The van der Waals surface area contributed by atoms with Crippen molar-refractivity contribution < 1.29 is 9.21 Å². The Bertz CT molecular complexity index is 1160. The summed E-state index contributed by atoms with van der Waals surface area (Å²) in [5.41, 5.74) is 5.06. The quantitative estimate of drug-likeness (QED) is 0.324. The molecule has 9 heteroatoms. The average molecular weight is 457 g/mol. The van der Waals surface area contributed by atoms with Gasteiger partial charge < -0.3 is 4.42 Å². The average Bonchev–Trinajstić information content (AvgIpc) is 3.44. The van der Waals surface area contributed by atoms with Crippen molar-refractivity contribution in [3.05, 3.63) is 57.4 Å².